The molecule has 2 aliphatic rings. The molecule has 1 aromatic heterocycles. The highest BCUT2D eigenvalue weighted by Crippen LogP contribution is 2.58. The molecular formula is C51H47IN5O8PS2. The molecule has 0 radical (unpaired) electrons. The van der Waals surface area contributed by atoms with Crippen LogP contribution >= 0.6 is 30.4 Å². The highest BCUT2D eigenvalue weighted by Gasteiger charge is 2.57. The van der Waals surface area contributed by atoms with Gasteiger partial charge < -0.3 is 48.9 Å². The Morgan fingerprint density at radius 2 is 1.34 bits per heavy atom. The van der Waals surface area contributed by atoms with Crippen LogP contribution in [0.2, 0.25) is 0 Å². The van der Waals surface area contributed by atoms with Crippen molar-refractivity contribution in [3.63, 3.8) is 0 Å². The Labute approximate surface area is 420 Å². The van der Waals surface area contributed by atoms with Crippen LogP contribution in [0.15, 0.2) is 173 Å². The Bertz CT molecular complexity index is 2660. The fraction of sp³-hybridized carbons (Fsp3) is 0.196. The number of carbonyl (C=O) groups excluding carboxylic acids is 5. The summed E-state index contributed by atoms with van der Waals surface area (Å²) in [7, 11) is -2.59. The number of anilines is 1. The van der Waals surface area contributed by atoms with Crippen molar-refractivity contribution < 1.29 is 62.3 Å². The van der Waals surface area contributed by atoms with E-state index in [0.717, 1.165) is 44.0 Å². The summed E-state index contributed by atoms with van der Waals surface area (Å²) in [4.78, 5) is 78.9. The number of hydrogen-bond donors (Lipinski definition) is 2. The lowest BCUT2D eigenvalue weighted by Crippen LogP contribution is -3.00. The van der Waals surface area contributed by atoms with Gasteiger partial charge in [-0.3, -0.25) is 19.3 Å². The summed E-state index contributed by atoms with van der Waals surface area (Å²) in [6.07, 6.45) is 0.0409. The fourth-order valence-electron chi connectivity index (χ4n) is 8.03. The lowest BCUT2D eigenvalue weighted by atomic mass is 10.0. The van der Waals surface area contributed by atoms with Gasteiger partial charge in [0.05, 0.1) is 6.16 Å². The van der Waals surface area contributed by atoms with E-state index in [1.165, 1.54) is 22.0 Å². The van der Waals surface area contributed by atoms with Gasteiger partial charge in [-0.25, -0.2) is 14.6 Å². The Kier molecular flexibility index (Phi) is 16.3. The molecule has 13 nitrogen and oxygen atoms in total. The standard InChI is InChI=1S/C51H46N5O8PS2.HI/c1-51(2,3)64-41(58)29-62-55-42(40-32-67-50(53-40)52-33-57)46(59)54-43-47(60)56-44(49(61)63-45(34-19-9-4-10-20-34)35-21-11-5-12-22-35)36(31-66-48(43)56)30-65(37-23-13-6-14-24-37,38-25-15-7-16-26-38)39-27-17-8-18-28-39;/h4-28,32-33,43,45,48H,29-31H2,1-3H3,(H-,52,53,54,57,59);1H/t43?,48-;/m0./s1. The first-order valence-electron chi connectivity index (χ1n) is 21.4. The second kappa shape index (κ2) is 22.3. The molecule has 1 saturated heterocycles. The minimum atomic E-state index is -2.59. The first kappa shape index (κ1) is 49.7. The number of nitrogens with one attached hydrogen (secondary N) is 2. The number of β-lactam (4-membered cyclic amide) rings is 1. The van der Waals surface area contributed by atoms with Gasteiger partial charge in [0.25, 0.3) is 11.8 Å². The Morgan fingerprint density at radius 1 is 0.824 bits per heavy atom. The van der Waals surface area contributed by atoms with E-state index in [1.807, 2.05) is 115 Å². The van der Waals surface area contributed by atoms with Crippen LogP contribution in [0.5, 0.6) is 0 Å². The van der Waals surface area contributed by atoms with E-state index in [2.05, 4.69) is 57.2 Å². The summed E-state index contributed by atoms with van der Waals surface area (Å²) in [5.74, 6) is -2.44. The average molecular weight is 1080 g/mol. The largest absolute Gasteiger partial charge is 1.00 e. The van der Waals surface area contributed by atoms with Crippen molar-refractivity contribution >= 4 is 87.3 Å². The Hall–Kier alpha value is -6.20. The predicted molar refractivity (Wildman–Crippen MR) is 263 cm³/mol. The van der Waals surface area contributed by atoms with Crippen molar-refractivity contribution in [3.8, 4) is 0 Å². The fourth-order valence-corrected chi connectivity index (χ4v) is 14.5. The van der Waals surface area contributed by atoms with Gasteiger partial charge in [0.1, 0.15) is 51.6 Å². The molecule has 8 rings (SSSR count). The summed E-state index contributed by atoms with van der Waals surface area (Å²) >= 11 is 2.46. The van der Waals surface area contributed by atoms with Crippen LogP contribution < -0.4 is 50.5 Å². The number of benzene rings is 5. The number of esters is 2. The van der Waals surface area contributed by atoms with Crippen LogP contribution in [0.3, 0.4) is 0 Å². The van der Waals surface area contributed by atoms with E-state index in [9.17, 15) is 19.2 Å². The molecule has 3 heterocycles. The van der Waals surface area contributed by atoms with Crippen molar-refractivity contribution in [2.75, 3.05) is 23.8 Å². The van der Waals surface area contributed by atoms with Gasteiger partial charge in [0.15, 0.2) is 16.9 Å². The summed E-state index contributed by atoms with van der Waals surface area (Å²) in [5.41, 5.74) is 1.24. The number of aromatic nitrogens is 1. The lowest BCUT2D eigenvalue weighted by molar-refractivity contribution is -0.160. The minimum absolute atomic E-state index is 0. The quantitative estimate of drug-likeness (QED) is 0.0262. The molecule has 0 spiro atoms. The zero-order valence-electron chi connectivity index (χ0n) is 37.2. The maximum Gasteiger partial charge on any atom is 0.356 e. The number of halogens is 1. The van der Waals surface area contributed by atoms with Crippen LogP contribution in [0, 0.1) is 0 Å². The van der Waals surface area contributed by atoms with Gasteiger partial charge in [-0.2, -0.15) is 0 Å². The molecule has 1 unspecified atom stereocenters. The number of hydrogen-bond acceptors (Lipinski definition) is 12. The third-order valence-corrected chi connectivity index (χ3v) is 17.4. The monoisotopic (exact) mass is 1080 g/mol. The van der Waals surface area contributed by atoms with Crippen LogP contribution in [0.1, 0.15) is 43.7 Å². The maximum atomic E-state index is 15.3. The second-order valence-corrected chi connectivity index (χ2v) is 21.9. The number of nitrogens with zero attached hydrogens (tertiary/aromatic N) is 3. The first-order chi connectivity index (χ1) is 32.5. The minimum Gasteiger partial charge on any atom is -1.00 e. The van der Waals surface area contributed by atoms with Crippen molar-refractivity contribution in [1.29, 1.82) is 0 Å². The molecule has 1 fully saturated rings. The number of carbonyl (C=O) groups is 5. The van der Waals surface area contributed by atoms with Crippen LogP contribution in [0.25, 0.3) is 0 Å². The molecule has 2 aliphatic heterocycles. The summed E-state index contributed by atoms with van der Waals surface area (Å²) in [6.45, 7) is 4.49. The van der Waals surface area contributed by atoms with Crippen LogP contribution in [-0.4, -0.2) is 81.3 Å². The zero-order chi connectivity index (χ0) is 47.0. The Morgan fingerprint density at radius 3 is 1.84 bits per heavy atom. The predicted octanol–water partition coefficient (Wildman–Crippen LogP) is 3.76. The maximum absolute atomic E-state index is 15.3. The molecule has 2 atom stereocenters. The normalized spacial score (nSPS) is 15.9. The number of fused-ring (bicyclic) bond motifs is 1. The van der Waals surface area contributed by atoms with E-state index in [-0.39, 0.29) is 46.2 Å². The molecule has 348 valence electrons. The molecule has 17 heteroatoms. The molecule has 2 N–H and O–H groups in total. The first-order valence-corrected chi connectivity index (χ1v) is 25.3. The smallest absolute Gasteiger partial charge is 0.356 e. The Balaban J connectivity index is 0.00000684. The molecule has 6 aromatic rings. The van der Waals surface area contributed by atoms with E-state index in [4.69, 9.17) is 14.3 Å². The topological polar surface area (TPSA) is 166 Å². The zero-order valence-corrected chi connectivity index (χ0v) is 41.9. The summed E-state index contributed by atoms with van der Waals surface area (Å²) < 4.78 is 11.9. The lowest BCUT2D eigenvalue weighted by Gasteiger charge is -2.50. The third-order valence-electron chi connectivity index (χ3n) is 10.9. The van der Waals surface area contributed by atoms with Gasteiger partial charge in [-0.1, -0.05) is 120 Å². The molecule has 0 saturated carbocycles. The van der Waals surface area contributed by atoms with Gasteiger partial charge in [0.2, 0.25) is 13.0 Å². The SMILES string of the molecule is CC(C)(C)OC(=O)CON=C(C(=O)NC1C(=O)N2C(C(=O)OC(c3ccccc3)c3ccccc3)=C(C[P+](c3ccccc3)(c3ccccc3)c3ccccc3)CS[C@@H]12)c1csc(NC=O)n1.[I-]. The molecular weight excluding hydrogens is 1030 g/mol. The van der Waals surface area contributed by atoms with Gasteiger partial charge in [0, 0.05) is 16.7 Å². The van der Waals surface area contributed by atoms with Crippen molar-refractivity contribution in [3.05, 3.63) is 185 Å². The van der Waals surface area contributed by atoms with E-state index in [0.29, 0.717) is 18.3 Å². The van der Waals surface area contributed by atoms with E-state index < -0.39 is 60.7 Å². The number of thiazole rings is 1. The van der Waals surface area contributed by atoms with E-state index >= 15 is 4.79 Å². The highest BCUT2D eigenvalue weighted by molar-refractivity contribution is 8.00. The van der Waals surface area contributed by atoms with Crippen LogP contribution in [0.4, 0.5) is 5.13 Å². The third kappa shape index (κ3) is 11.0. The molecule has 0 bridgehead atoms. The van der Waals surface area contributed by atoms with Gasteiger partial charge in [-0.15, -0.1) is 23.1 Å². The number of thioether (sulfide) groups is 1. The summed E-state index contributed by atoms with van der Waals surface area (Å²) in [5, 5.41) is 13.4. The average Bonchev–Trinajstić information content (AvgIpc) is 3.81. The van der Waals surface area contributed by atoms with Gasteiger partial charge >= 0.3 is 11.9 Å². The molecule has 0 aliphatic carbocycles. The molecule has 5 aromatic carbocycles. The van der Waals surface area contributed by atoms with Crippen molar-refractivity contribution in [2.45, 2.75) is 43.9 Å². The number of ether oxygens (including phenoxy) is 2. The van der Waals surface area contributed by atoms with Crippen molar-refractivity contribution in [1.82, 2.24) is 15.2 Å². The molecule has 68 heavy (non-hydrogen) atoms. The summed E-state index contributed by atoms with van der Waals surface area (Å²) in [6, 6.07) is 48.6. The number of amides is 3. The molecule has 3 amide bonds. The second-order valence-electron chi connectivity index (χ2n) is 16.5. The van der Waals surface area contributed by atoms with Crippen molar-refractivity contribution in [2.24, 2.45) is 5.16 Å². The highest BCUT2D eigenvalue weighted by atomic mass is 127. The van der Waals surface area contributed by atoms with Gasteiger partial charge in [-0.05, 0) is 68.3 Å². The number of oxime groups is 1. The van der Waals surface area contributed by atoms with E-state index in [1.54, 1.807) is 20.8 Å². The van der Waals surface area contributed by atoms with Crippen LogP contribution in [-0.2, 0) is 38.3 Å². The number of rotatable bonds is 17.